The molecule has 1 N–H and O–H groups in total. The second-order valence-electron chi connectivity index (χ2n) is 4.95. The molecule has 2 rings (SSSR count). The van der Waals surface area contributed by atoms with Crippen molar-refractivity contribution in [2.45, 2.75) is 19.5 Å². The molecular weight excluding hydrogens is 250 g/mol. The molecule has 0 fully saturated rings. The lowest BCUT2D eigenvalue weighted by Gasteiger charge is -2.22. The van der Waals surface area contributed by atoms with Crippen LogP contribution in [0.2, 0.25) is 0 Å². The minimum Gasteiger partial charge on any atom is -0.480 e. The van der Waals surface area contributed by atoms with Crippen molar-refractivity contribution in [3.8, 4) is 11.1 Å². The zero-order valence-electron chi connectivity index (χ0n) is 11.8. The van der Waals surface area contributed by atoms with E-state index in [1.807, 2.05) is 48.3 Å². The highest BCUT2D eigenvalue weighted by molar-refractivity contribution is 5.73. The summed E-state index contributed by atoms with van der Waals surface area (Å²) in [7, 11) is 1.83. The number of aliphatic carboxylic acids is 1. The predicted molar refractivity (Wildman–Crippen MR) is 80.4 cm³/mol. The zero-order valence-corrected chi connectivity index (χ0v) is 11.8. The number of hydrogen-bond donors (Lipinski definition) is 1. The van der Waals surface area contributed by atoms with E-state index in [2.05, 4.69) is 18.2 Å². The summed E-state index contributed by atoms with van der Waals surface area (Å²) in [6, 6.07) is 17.8. The normalized spacial score (nSPS) is 12.3. The molecule has 0 heterocycles. The van der Waals surface area contributed by atoms with Gasteiger partial charge in [-0.1, -0.05) is 54.6 Å². The van der Waals surface area contributed by atoms with E-state index in [0.29, 0.717) is 6.54 Å². The lowest BCUT2D eigenvalue weighted by atomic mass is 9.99. The van der Waals surface area contributed by atoms with Crippen molar-refractivity contribution < 1.29 is 9.90 Å². The first-order chi connectivity index (χ1) is 9.59. The fourth-order valence-electron chi connectivity index (χ4n) is 2.15. The van der Waals surface area contributed by atoms with Crippen LogP contribution in [0.4, 0.5) is 0 Å². The van der Waals surface area contributed by atoms with E-state index in [1.54, 1.807) is 6.92 Å². The minimum absolute atomic E-state index is 0.501. The van der Waals surface area contributed by atoms with Crippen LogP contribution in [0.3, 0.4) is 0 Å². The number of hydrogen-bond acceptors (Lipinski definition) is 2. The molecule has 0 bridgehead atoms. The van der Waals surface area contributed by atoms with Crippen molar-refractivity contribution >= 4 is 5.97 Å². The molecule has 0 radical (unpaired) electrons. The molecular formula is C17H19NO2. The largest absolute Gasteiger partial charge is 0.480 e. The number of carboxylic acid groups (broad SMARTS) is 1. The number of likely N-dealkylation sites (N-methyl/N-ethyl adjacent to an activating group) is 1. The molecule has 1 atom stereocenters. The van der Waals surface area contributed by atoms with Crippen LogP contribution in [0.15, 0.2) is 54.6 Å². The third-order valence-corrected chi connectivity index (χ3v) is 3.54. The number of carboxylic acids is 1. The van der Waals surface area contributed by atoms with Crippen LogP contribution in [0.5, 0.6) is 0 Å². The SMILES string of the molecule is C[C@H](C(=O)O)N(C)Cc1ccccc1-c1ccccc1. The first-order valence-corrected chi connectivity index (χ1v) is 6.66. The summed E-state index contributed by atoms with van der Waals surface area (Å²) in [5, 5.41) is 9.08. The maximum absolute atomic E-state index is 11.0. The summed E-state index contributed by atoms with van der Waals surface area (Å²) in [5.41, 5.74) is 3.44. The summed E-state index contributed by atoms with van der Waals surface area (Å²) in [6.07, 6.45) is 0. The summed E-state index contributed by atoms with van der Waals surface area (Å²) in [6.45, 7) is 2.31. The van der Waals surface area contributed by atoms with Gasteiger partial charge in [0.05, 0.1) is 0 Å². The van der Waals surface area contributed by atoms with Crippen molar-refractivity contribution in [1.29, 1.82) is 0 Å². The molecule has 20 heavy (non-hydrogen) atoms. The van der Waals surface area contributed by atoms with Gasteiger partial charge in [0.1, 0.15) is 6.04 Å². The molecule has 104 valence electrons. The molecule has 0 saturated heterocycles. The van der Waals surface area contributed by atoms with E-state index in [4.69, 9.17) is 5.11 Å². The highest BCUT2D eigenvalue weighted by atomic mass is 16.4. The summed E-state index contributed by atoms with van der Waals surface area (Å²) in [5.74, 6) is -0.801. The number of benzene rings is 2. The average molecular weight is 269 g/mol. The molecule has 0 saturated carbocycles. The Labute approximate surface area is 119 Å². The van der Waals surface area contributed by atoms with Crippen LogP contribution in [-0.2, 0) is 11.3 Å². The lowest BCUT2D eigenvalue weighted by Crippen LogP contribution is -2.35. The molecule has 0 aromatic heterocycles. The van der Waals surface area contributed by atoms with Gasteiger partial charge in [0.2, 0.25) is 0 Å². The molecule has 0 amide bonds. The quantitative estimate of drug-likeness (QED) is 0.905. The molecule has 0 aliphatic heterocycles. The van der Waals surface area contributed by atoms with Crippen molar-refractivity contribution in [2.24, 2.45) is 0 Å². The molecule has 0 spiro atoms. The Kier molecular flexibility index (Phi) is 4.53. The first kappa shape index (κ1) is 14.3. The fraction of sp³-hybridized carbons (Fsp3) is 0.235. The number of nitrogens with zero attached hydrogens (tertiary/aromatic N) is 1. The van der Waals surface area contributed by atoms with Crippen LogP contribution in [0, 0.1) is 0 Å². The van der Waals surface area contributed by atoms with Gasteiger partial charge in [-0.15, -0.1) is 0 Å². The van der Waals surface area contributed by atoms with Crippen LogP contribution in [0.25, 0.3) is 11.1 Å². The topological polar surface area (TPSA) is 40.5 Å². The van der Waals surface area contributed by atoms with Crippen LogP contribution in [-0.4, -0.2) is 29.1 Å². The standard InChI is InChI=1S/C17H19NO2/c1-13(17(19)20)18(2)12-15-10-6-7-11-16(15)14-8-4-3-5-9-14/h3-11,13H,12H2,1-2H3,(H,19,20)/t13-/m1/s1. The van der Waals surface area contributed by atoms with Gasteiger partial charge < -0.3 is 5.11 Å². The maximum Gasteiger partial charge on any atom is 0.320 e. The van der Waals surface area contributed by atoms with E-state index in [-0.39, 0.29) is 0 Å². The minimum atomic E-state index is -0.801. The Morgan fingerprint density at radius 2 is 1.70 bits per heavy atom. The zero-order chi connectivity index (χ0) is 14.5. The van der Waals surface area contributed by atoms with Gasteiger partial charge in [-0.3, -0.25) is 9.69 Å². The number of rotatable bonds is 5. The van der Waals surface area contributed by atoms with Gasteiger partial charge in [-0.2, -0.15) is 0 Å². The maximum atomic E-state index is 11.0. The Hall–Kier alpha value is -2.13. The average Bonchev–Trinajstić information content (AvgIpc) is 2.47. The third kappa shape index (κ3) is 3.25. The van der Waals surface area contributed by atoms with Gasteiger partial charge >= 0.3 is 5.97 Å². The number of carbonyl (C=O) groups is 1. The highest BCUT2D eigenvalue weighted by Crippen LogP contribution is 2.24. The molecule has 0 aliphatic carbocycles. The van der Waals surface area contributed by atoms with Crippen LogP contribution in [0.1, 0.15) is 12.5 Å². The molecule has 2 aromatic rings. The first-order valence-electron chi connectivity index (χ1n) is 6.66. The molecule has 0 unspecified atom stereocenters. The summed E-state index contributed by atoms with van der Waals surface area (Å²) in [4.78, 5) is 12.9. The van der Waals surface area contributed by atoms with E-state index in [1.165, 1.54) is 0 Å². The van der Waals surface area contributed by atoms with Crippen molar-refractivity contribution in [2.75, 3.05) is 7.05 Å². The summed E-state index contributed by atoms with van der Waals surface area (Å²) < 4.78 is 0. The van der Waals surface area contributed by atoms with Gasteiger partial charge in [0, 0.05) is 6.54 Å². The monoisotopic (exact) mass is 269 g/mol. The smallest absolute Gasteiger partial charge is 0.320 e. The highest BCUT2D eigenvalue weighted by Gasteiger charge is 2.17. The molecule has 3 nitrogen and oxygen atoms in total. The Morgan fingerprint density at radius 3 is 2.35 bits per heavy atom. The van der Waals surface area contributed by atoms with Gasteiger partial charge in [-0.05, 0) is 30.7 Å². The van der Waals surface area contributed by atoms with Crippen LogP contribution < -0.4 is 0 Å². The lowest BCUT2D eigenvalue weighted by molar-refractivity contribution is -0.142. The van der Waals surface area contributed by atoms with Gasteiger partial charge in [0.25, 0.3) is 0 Å². The van der Waals surface area contributed by atoms with Gasteiger partial charge in [-0.25, -0.2) is 0 Å². The predicted octanol–water partition coefficient (Wildman–Crippen LogP) is 3.26. The second-order valence-corrected chi connectivity index (χ2v) is 4.95. The third-order valence-electron chi connectivity index (χ3n) is 3.54. The Balaban J connectivity index is 2.27. The van der Waals surface area contributed by atoms with Crippen LogP contribution >= 0.6 is 0 Å². The van der Waals surface area contributed by atoms with Gasteiger partial charge in [0.15, 0.2) is 0 Å². The molecule has 3 heteroatoms. The van der Waals surface area contributed by atoms with E-state index < -0.39 is 12.0 Å². The molecule has 2 aromatic carbocycles. The Bertz CT molecular complexity index is 581. The Morgan fingerprint density at radius 1 is 1.10 bits per heavy atom. The van der Waals surface area contributed by atoms with E-state index >= 15 is 0 Å². The summed E-state index contributed by atoms with van der Waals surface area (Å²) >= 11 is 0. The fourth-order valence-corrected chi connectivity index (χ4v) is 2.15. The van der Waals surface area contributed by atoms with Crippen molar-refractivity contribution in [3.63, 3.8) is 0 Å². The van der Waals surface area contributed by atoms with E-state index in [9.17, 15) is 4.79 Å². The van der Waals surface area contributed by atoms with Crippen molar-refractivity contribution in [3.05, 3.63) is 60.2 Å². The van der Waals surface area contributed by atoms with Crippen molar-refractivity contribution in [1.82, 2.24) is 4.90 Å². The molecule has 0 aliphatic rings. The van der Waals surface area contributed by atoms with E-state index in [0.717, 1.165) is 16.7 Å². The second kappa shape index (κ2) is 6.35.